The Morgan fingerprint density at radius 3 is 2.69 bits per heavy atom. The summed E-state index contributed by atoms with van der Waals surface area (Å²) < 4.78 is 11.2. The number of nitrogens with two attached hydrogens (primary N) is 1. The zero-order valence-corrected chi connectivity index (χ0v) is 7.83. The van der Waals surface area contributed by atoms with E-state index in [1.165, 1.54) is 0 Å². The molecule has 0 aromatic heterocycles. The summed E-state index contributed by atoms with van der Waals surface area (Å²) in [5.74, 6) is 0.999. The maximum absolute atomic E-state index is 5.63. The third-order valence-electron chi connectivity index (χ3n) is 2.26. The highest BCUT2D eigenvalue weighted by Crippen LogP contribution is 2.41. The molecule has 0 bridgehead atoms. The Labute approximate surface area is 77.5 Å². The average Bonchev–Trinajstić information content (AvgIpc) is 2.42. The van der Waals surface area contributed by atoms with Gasteiger partial charge in [0.1, 0.15) is 0 Å². The fourth-order valence-corrected chi connectivity index (χ4v) is 1.32. The van der Waals surface area contributed by atoms with E-state index in [-0.39, 0.29) is 0 Å². The highest BCUT2D eigenvalue weighted by Gasteiger charge is 2.34. The molecule has 70 valence electrons. The molecule has 1 aromatic carbocycles. The van der Waals surface area contributed by atoms with Gasteiger partial charge in [0, 0.05) is 25.1 Å². The molecule has 0 saturated heterocycles. The number of hydrogen-bond acceptors (Lipinski definition) is 3. The topological polar surface area (TPSA) is 44.5 Å². The van der Waals surface area contributed by atoms with Crippen molar-refractivity contribution < 1.29 is 9.47 Å². The molecular weight excluding hydrogens is 166 g/mol. The van der Waals surface area contributed by atoms with Crippen molar-refractivity contribution in [3.63, 3.8) is 0 Å². The second-order valence-corrected chi connectivity index (χ2v) is 3.40. The monoisotopic (exact) mass is 179 g/mol. The van der Waals surface area contributed by atoms with Gasteiger partial charge in [-0.05, 0) is 12.1 Å². The van der Waals surface area contributed by atoms with Crippen LogP contribution in [0.15, 0.2) is 18.2 Å². The first-order chi connectivity index (χ1) is 6.13. The number of ether oxygens (including phenoxy) is 2. The van der Waals surface area contributed by atoms with Crippen LogP contribution in [0.2, 0.25) is 0 Å². The van der Waals surface area contributed by atoms with E-state index < -0.39 is 5.79 Å². The molecule has 0 radical (unpaired) electrons. The van der Waals surface area contributed by atoms with Gasteiger partial charge in [-0.2, -0.15) is 0 Å². The van der Waals surface area contributed by atoms with E-state index in [0.717, 1.165) is 17.9 Å². The zero-order valence-electron chi connectivity index (χ0n) is 7.83. The lowest BCUT2D eigenvalue weighted by molar-refractivity contribution is -0.0640. The summed E-state index contributed by atoms with van der Waals surface area (Å²) in [7, 11) is 0. The third-order valence-corrected chi connectivity index (χ3v) is 2.26. The van der Waals surface area contributed by atoms with Crippen molar-refractivity contribution in [3.05, 3.63) is 18.2 Å². The van der Waals surface area contributed by atoms with Gasteiger partial charge in [0.05, 0.1) is 0 Å². The number of benzene rings is 1. The molecule has 1 aromatic rings. The van der Waals surface area contributed by atoms with Crippen molar-refractivity contribution in [2.24, 2.45) is 0 Å². The second-order valence-electron chi connectivity index (χ2n) is 3.40. The van der Waals surface area contributed by atoms with Gasteiger partial charge in [-0.1, -0.05) is 6.92 Å². The van der Waals surface area contributed by atoms with Gasteiger partial charge in [0.25, 0.3) is 0 Å². The van der Waals surface area contributed by atoms with E-state index in [1.54, 1.807) is 6.07 Å². The molecule has 0 unspecified atom stereocenters. The van der Waals surface area contributed by atoms with Gasteiger partial charge >= 0.3 is 0 Å². The fraction of sp³-hybridized carbons (Fsp3) is 0.400. The normalized spacial score (nSPS) is 24.8. The molecule has 1 heterocycles. The van der Waals surface area contributed by atoms with Crippen molar-refractivity contribution in [1.82, 2.24) is 0 Å². The molecule has 2 N–H and O–H groups in total. The summed E-state index contributed by atoms with van der Waals surface area (Å²) in [6, 6.07) is 5.44. The van der Waals surface area contributed by atoms with Crippen LogP contribution in [0.4, 0.5) is 5.69 Å². The third kappa shape index (κ3) is 1.30. The maximum Gasteiger partial charge on any atom is 0.248 e. The van der Waals surface area contributed by atoms with Gasteiger partial charge in [0.15, 0.2) is 11.5 Å². The van der Waals surface area contributed by atoms with E-state index in [4.69, 9.17) is 15.2 Å². The van der Waals surface area contributed by atoms with Crippen molar-refractivity contribution >= 4 is 5.69 Å². The average molecular weight is 179 g/mol. The van der Waals surface area contributed by atoms with Gasteiger partial charge in [-0.3, -0.25) is 0 Å². The molecule has 13 heavy (non-hydrogen) atoms. The molecular formula is C10H13NO2. The lowest BCUT2D eigenvalue weighted by Gasteiger charge is -2.20. The van der Waals surface area contributed by atoms with E-state index >= 15 is 0 Å². The minimum Gasteiger partial charge on any atom is -0.449 e. The summed E-state index contributed by atoms with van der Waals surface area (Å²) in [6.45, 7) is 3.94. The summed E-state index contributed by atoms with van der Waals surface area (Å²) in [5, 5.41) is 0. The van der Waals surface area contributed by atoms with Crippen molar-refractivity contribution in [2.45, 2.75) is 26.1 Å². The number of nitrogen functional groups attached to an aromatic ring is 1. The zero-order chi connectivity index (χ0) is 9.47. The molecule has 1 aliphatic rings. The Morgan fingerprint density at radius 2 is 2.00 bits per heavy atom. The van der Waals surface area contributed by atoms with Crippen LogP contribution in [0, 0.1) is 0 Å². The molecule has 0 aliphatic carbocycles. The summed E-state index contributed by atoms with van der Waals surface area (Å²) in [6.07, 6.45) is 0.807. The number of rotatable bonds is 1. The lowest BCUT2D eigenvalue weighted by Crippen LogP contribution is -2.33. The second kappa shape index (κ2) is 2.55. The van der Waals surface area contributed by atoms with Crippen LogP contribution < -0.4 is 15.2 Å². The highest BCUT2D eigenvalue weighted by molar-refractivity contribution is 5.53. The van der Waals surface area contributed by atoms with Crippen molar-refractivity contribution in [1.29, 1.82) is 0 Å². The van der Waals surface area contributed by atoms with Crippen LogP contribution in [-0.4, -0.2) is 5.79 Å². The number of hydrogen-bond donors (Lipinski definition) is 1. The minimum atomic E-state index is -0.518. The number of fused-ring (bicyclic) bond motifs is 1. The molecule has 0 spiro atoms. The summed E-state index contributed by atoms with van der Waals surface area (Å²) >= 11 is 0. The first kappa shape index (κ1) is 8.23. The van der Waals surface area contributed by atoms with E-state index in [2.05, 4.69) is 0 Å². The maximum atomic E-state index is 5.63. The van der Waals surface area contributed by atoms with Crippen molar-refractivity contribution in [2.75, 3.05) is 5.73 Å². The Hall–Kier alpha value is -1.38. The summed E-state index contributed by atoms with van der Waals surface area (Å²) in [5.41, 5.74) is 6.32. The smallest absolute Gasteiger partial charge is 0.248 e. The van der Waals surface area contributed by atoms with Crippen LogP contribution in [0.25, 0.3) is 0 Å². The van der Waals surface area contributed by atoms with Gasteiger partial charge in [-0.25, -0.2) is 0 Å². The molecule has 3 heteroatoms. The minimum absolute atomic E-state index is 0.518. The molecule has 0 amide bonds. The standard InChI is InChI=1S/C10H13NO2/c1-3-10(2)12-8-5-4-7(11)6-9(8)13-10/h4-6H,3,11H2,1-2H3/t10-/m1/s1. The van der Waals surface area contributed by atoms with Crippen LogP contribution in [0.1, 0.15) is 20.3 Å². The van der Waals surface area contributed by atoms with Crippen LogP contribution in [0.3, 0.4) is 0 Å². The van der Waals surface area contributed by atoms with Gasteiger partial charge in [-0.15, -0.1) is 0 Å². The van der Waals surface area contributed by atoms with Crippen LogP contribution >= 0.6 is 0 Å². The van der Waals surface area contributed by atoms with Gasteiger partial charge < -0.3 is 15.2 Å². The van der Waals surface area contributed by atoms with Gasteiger partial charge in [0.2, 0.25) is 5.79 Å². The van der Waals surface area contributed by atoms with Crippen molar-refractivity contribution in [3.8, 4) is 11.5 Å². The molecule has 3 nitrogen and oxygen atoms in total. The molecule has 0 saturated carbocycles. The molecule has 0 fully saturated rings. The number of anilines is 1. The predicted molar refractivity (Wildman–Crippen MR) is 50.8 cm³/mol. The molecule has 1 atom stereocenters. The van der Waals surface area contributed by atoms with Crippen LogP contribution in [-0.2, 0) is 0 Å². The first-order valence-corrected chi connectivity index (χ1v) is 4.40. The molecule has 2 rings (SSSR count). The van der Waals surface area contributed by atoms with E-state index in [9.17, 15) is 0 Å². The van der Waals surface area contributed by atoms with Crippen LogP contribution in [0.5, 0.6) is 11.5 Å². The molecule has 1 aliphatic heterocycles. The Morgan fingerprint density at radius 1 is 1.31 bits per heavy atom. The predicted octanol–water partition coefficient (Wildman–Crippen LogP) is 2.17. The first-order valence-electron chi connectivity index (χ1n) is 4.40. The fourth-order valence-electron chi connectivity index (χ4n) is 1.32. The lowest BCUT2D eigenvalue weighted by atomic mass is 10.2. The van der Waals surface area contributed by atoms with E-state index in [0.29, 0.717) is 5.69 Å². The highest BCUT2D eigenvalue weighted by atomic mass is 16.7. The Balaban J connectivity index is 2.35. The quantitative estimate of drug-likeness (QED) is 0.672. The Bertz CT molecular complexity index is 338. The largest absolute Gasteiger partial charge is 0.449 e. The van der Waals surface area contributed by atoms with E-state index in [1.807, 2.05) is 26.0 Å². The summed E-state index contributed by atoms with van der Waals surface area (Å²) in [4.78, 5) is 0. The Kier molecular flexibility index (Phi) is 1.62. The SMILES string of the molecule is CC[C@]1(C)Oc2ccc(N)cc2O1.